The molecule has 1 aliphatic carbocycles. The van der Waals surface area contributed by atoms with Crippen molar-refractivity contribution in [1.82, 2.24) is 4.31 Å². The molecular formula is C16H19FN2O3S. The minimum Gasteiger partial charge on any atom is -0.312 e. The Morgan fingerprint density at radius 1 is 1.22 bits per heavy atom. The zero-order chi connectivity index (χ0) is 16.2. The van der Waals surface area contributed by atoms with E-state index in [1.807, 2.05) is 0 Å². The minimum absolute atomic E-state index is 0.0544. The van der Waals surface area contributed by atoms with Gasteiger partial charge in [-0.15, -0.1) is 0 Å². The van der Waals surface area contributed by atoms with Crippen molar-refractivity contribution < 1.29 is 17.6 Å². The highest BCUT2D eigenvalue weighted by Gasteiger charge is 2.52. The van der Waals surface area contributed by atoms with E-state index >= 15 is 0 Å². The Morgan fingerprint density at radius 3 is 2.70 bits per heavy atom. The third-order valence-corrected chi connectivity index (χ3v) is 7.49. The van der Waals surface area contributed by atoms with Crippen LogP contribution in [0.3, 0.4) is 0 Å². The van der Waals surface area contributed by atoms with Crippen LogP contribution in [0.1, 0.15) is 25.7 Å². The summed E-state index contributed by atoms with van der Waals surface area (Å²) < 4.78 is 39.7. The number of nitrogens with zero attached hydrogens (tertiary/aromatic N) is 2. The number of carbonyl (C=O) groups is 1. The smallest absolute Gasteiger partial charge is 0.227 e. The summed E-state index contributed by atoms with van der Waals surface area (Å²) in [6.07, 6.45) is 2.52. The lowest BCUT2D eigenvalue weighted by atomic mass is 9.86. The van der Waals surface area contributed by atoms with Gasteiger partial charge in [-0.2, -0.15) is 0 Å². The van der Waals surface area contributed by atoms with Crippen LogP contribution in [-0.4, -0.2) is 43.5 Å². The van der Waals surface area contributed by atoms with Crippen LogP contribution in [0.2, 0.25) is 0 Å². The van der Waals surface area contributed by atoms with E-state index in [2.05, 4.69) is 0 Å². The summed E-state index contributed by atoms with van der Waals surface area (Å²) in [6.45, 7) is 1.36. The van der Waals surface area contributed by atoms with Crippen molar-refractivity contribution in [3.05, 3.63) is 30.1 Å². The Morgan fingerprint density at radius 2 is 2.00 bits per heavy atom. The summed E-state index contributed by atoms with van der Waals surface area (Å²) in [4.78, 5) is 14.0. The molecule has 1 aromatic rings. The number of sulfonamides is 1. The fraction of sp³-hybridized carbons (Fsp3) is 0.562. The van der Waals surface area contributed by atoms with E-state index in [9.17, 15) is 17.6 Å². The van der Waals surface area contributed by atoms with Gasteiger partial charge in [0.05, 0.1) is 5.25 Å². The molecule has 1 saturated carbocycles. The van der Waals surface area contributed by atoms with Crippen molar-refractivity contribution in [2.75, 3.05) is 24.5 Å². The standard InChI is InChI=1S/C16H19FN2O3S/c17-12-2-1-3-13(8-12)19-11-16(9-15(19)20)6-7-18(10-16)23(21,22)14-4-5-14/h1-3,8,14H,4-7,9-11H2/t16-/m1/s1. The second kappa shape index (κ2) is 5.01. The van der Waals surface area contributed by atoms with Gasteiger partial charge >= 0.3 is 0 Å². The monoisotopic (exact) mass is 338 g/mol. The SMILES string of the molecule is O=C1C[C@@]2(CCN(S(=O)(=O)C3CC3)C2)CN1c1cccc(F)c1. The van der Waals surface area contributed by atoms with Crippen molar-refractivity contribution >= 4 is 21.6 Å². The minimum atomic E-state index is -3.19. The molecule has 2 heterocycles. The molecule has 2 aliphatic heterocycles. The molecule has 0 radical (unpaired) electrons. The van der Waals surface area contributed by atoms with E-state index in [4.69, 9.17) is 0 Å². The average molecular weight is 338 g/mol. The van der Waals surface area contributed by atoms with Gasteiger partial charge < -0.3 is 4.90 Å². The molecule has 5 nitrogen and oxygen atoms in total. The molecule has 1 amide bonds. The van der Waals surface area contributed by atoms with Gasteiger partial charge in [-0.3, -0.25) is 4.79 Å². The molecule has 0 bridgehead atoms. The maximum Gasteiger partial charge on any atom is 0.227 e. The maximum atomic E-state index is 13.4. The first-order valence-corrected chi connectivity index (χ1v) is 9.45. The third-order valence-electron chi connectivity index (χ3n) is 5.15. The van der Waals surface area contributed by atoms with Crippen LogP contribution in [-0.2, 0) is 14.8 Å². The van der Waals surface area contributed by atoms with Crippen molar-refractivity contribution in [1.29, 1.82) is 0 Å². The van der Waals surface area contributed by atoms with Gasteiger partial charge in [0.25, 0.3) is 0 Å². The Bertz CT molecular complexity index is 762. The van der Waals surface area contributed by atoms with Crippen LogP contribution in [0.15, 0.2) is 24.3 Å². The maximum absolute atomic E-state index is 13.4. The lowest BCUT2D eigenvalue weighted by Crippen LogP contribution is -2.35. The van der Waals surface area contributed by atoms with Gasteiger partial charge in [0, 0.05) is 37.2 Å². The number of hydrogen-bond donors (Lipinski definition) is 0. The van der Waals surface area contributed by atoms with Gasteiger partial charge in [-0.25, -0.2) is 17.1 Å². The number of amides is 1. The van der Waals surface area contributed by atoms with Crippen LogP contribution in [0.4, 0.5) is 10.1 Å². The predicted octanol–water partition coefficient (Wildman–Crippen LogP) is 1.75. The lowest BCUT2D eigenvalue weighted by molar-refractivity contribution is -0.117. The van der Waals surface area contributed by atoms with Gasteiger partial charge in [0.1, 0.15) is 5.82 Å². The fourth-order valence-electron chi connectivity index (χ4n) is 3.74. The molecule has 2 saturated heterocycles. The van der Waals surface area contributed by atoms with Crippen molar-refractivity contribution in [3.8, 4) is 0 Å². The number of benzene rings is 1. The van der Waals surface area contributed by atoms with Crippen LogP contribution < -0.4 is 4.90 Å². The molecule has 3 fully saturated rings. The molecule has 0 unspecified atom stereocenters. The lowest BCUT2D eigenvalue weighted by Gasteiger charge is -2.24. The topological polar surface area (TPSA) is 57.7 Å². The Labute approximate surface area is 135 Å². The Balaban J connectivity index is 1.54. The van der Waals surface area contributed by atoms with E-state index in [0.29, 0.717) is 38.2 Å². The van der Waals surface area contributed by atoms with Gasteiger partial charge in [0.2, 0.25) is 15.9 Å². The summed E-state index contributed by atoms with van der Waals surface area (Å²) in [5.41, 5.74) is 0.223. The summed E-state index contributed by atoms with van der Waals surface area (Å²) in [7, 11) is -3.19. The van der Waals surface area contributed by atoms with E-state index < -0.39 is 10.0 Å². The second-order valence-electron chi connectivity index (χ2n) is 6.96. The molecule has 1 spiro atoms. The zero-order valence-corrected chi connectivity index (χ0v) is 13.6. The number of carbonyl (C=O) groups excluding carboxylic acids is 1. The largest absolute Gasteiger partial charge is 0.312 e. The first-order valence-electron chi connectivity index (χ1n) is 7.95. The number of anilines is 1. The van der Waals surface area contributed by atoms with Crippen molar-refractivity contribution in [2.45, 2.75) is 30.9 Å². The summed E-state index contributed by atoms with van der Waals surface area (Å²) >= 11 is 0. The van der Waals surface area contributed by atoms with E-state index in [0.717, 1.165) is 12.8 Å². The second-order valence-corrected chi connectivity index (χ2v) is 9.18. The zero-order valence-electron chi connectivity index (χ0n) is 12.7. The van der Waals surface area contributed by atoms with E-state index in [1.165, 1.54) is 12.1 Å². The van der Waals surface area contributed by atoms with Crippen molar-refractivity contribution in [3.63, 3.8) is 0 Å². The van der Waals surface area contributed by atoms with Crippen LogP contribution in [0.5, 0.6) is 0 Å². The molecule has 1 aromatic carbocycles. The predicted molar refractivity (Wildman–Crippen MR) is 83.9 cm³/mol. The first kappa shape index (κ1) is 15.1. The molecule has 23 heavy (non-hydrogen) atoms. The number of hydrogen-bond acceptors (Lipinski definition) is 3. The van der Waals surface area contributed by atoms with E-state index in [-0.39, 0.29) is 22.4 Å². The van der Waals surface area contributed by atoms with Crippen molar-refractivity contribution in [2.24, 2.45) is 5.41 Å². The van der Waals surface area contributed by atoms with Crippen LogP contribution in [0, 0.1) is 11.2 Å². The van der Waals surface area contributed by atoms with E-state index in [1.54, 1.807) is 21.3 Å². The summed E-state index contributed by atoms with van der Waals surface area (Å²) in [5, 5.41) is -0.214. The molecule has 0 aromatic heterocycles. The number of halogens is 1. The average Bonchev–Trinajstić information content (AvgIpc) is 3.21. The third kappa shape index (κ3) is 2.55. The molecular weight excluding hydrogens is 319 g/mol. The quantitative estimate of drug-likeness (QED) is 0.844. The Kier molecular flexibility index (Phi) is 3.29. The first-order chi connectivity index (χ1) is 10.9. The molecule has 4 rings (SSSR count). The highest BCUT2D eigenvalue weighted by molar-refractivity contribution is 7.90. The van der Waals surface area contributed by atoms with Gasteiger partial charge in [0.15, 0.2) is 0 Å². The normalized spacial score (nSPS) is 28.9. The van der Waals surface area contributed by atoms with Gasteiger partial charge in [-0.05, 0) is 37.5 Å². The molecule has 0 N–H and O–H groups in total. The highest BCUT2D eigenvalue weighted by Crippen LogP contribution is 2.44. The molecule has 3 aliphatic rings. The fourth-order valence-corrected chi connectivity index (χ4v) is 5.69. The summed E-state index contributed by atoms with van der Waals surface area (Å²) in [6, 6.07) is 6.00. The summed E-state index contributed by atoms with van der Waals surface area (Å²) in [5.74, 6) is -0.429. The highest BCUT2D eigenvalue weighted by atomic mass is 32.2. The van der Waals surface area contributed by atoms with Gasteiger partial charge in [-0.1, -0.05) is 6.07 Å². The molecule has 7 heteroatoms. The molecule has 124 valence electrons. The molecule has 1 atom stereocenters. The van der Waals surface area contributed by atoms with Crippen LogP contribution in [0.25, 0.3) is 0 Å². The number of rotatable bonds is 3. The van der Waals surface area contributed by atoms with Crippen LogP contribution >= 0.6 is 0 Å². The Hall–Kier alpha value is -1.47.